The Morgan fingerprint density at radius 1 is 0.191 bits per heavy atom. The topological polar surface area (TPSA) is 422 Å². The minimum Gasteiger partial charge on any atom is -0.394 e. The molecule has 21 rings (SSSR count). The zero-order valence-electron chi connectivity index (χ0n) is 51.8. The molecule has 89 heavy (non-hydrogen) atoms. The summed E-state index contributed by atoms with van der Waals surface area (Å²) >= 11 is 0. The van der Waals surface area contributed by atoms with Crippen LogP contribution in [0.25, 0.3) is 0 Å². The van der Waals surface area contributed by atoms with Gasteiger partial charge in [0.05, 0.1) is 46.2 Å². The summed E-state index contributed by atoms with van der Waals surface area (Å²) in [6, 6.07) is 0. The lowest BCUT2D eigenvalue weighted by Crippen LogP contribution is -2.69. The second kappa shape index (κ2) is 34.0. The zero-order valence-corrected chi connectivity index (χ0v) is 51.8. The van der Waals surface area contributed by atoms with Crippen LogP contribution in [0.15, 0.2) is 0 Å². The van der Waals surface area contributed by atoms with Gasteiger partial charge in [-0.2, -0.15) is 0 Å². The zero-order chi connectivity index (χ0) is 64.5. The van der Waals surface area contributed by atoms with Crippen LogP contribution in [0.1, 0.15) is 0 Å². The van der Waals surface area contributed by atoms with Gasteiger partial charge in [0.15, 0.2) is 44.0 Å². The van der Waals surface area contributed by atoms with E-state index in [1.54, 1.807) is 0 Å². The summed E-state index contributed by atoms with van der Waals surface area (Å²) in [5, 5.41) is 101. The summed E-state index contributed by atoms with van der Waals surface area (Å²) in [6.45, 7) is -5.22. The number of ether oxygens (including phenoxy) is 26. The van der Waals surface area contributed by atoms with E-state index in [1.165, 1.54) is 85.3 Å². The first kappa shape index (κ1) is 73.4. The molecule has 21 fully saturated rings. The van der Waals surface area contributed by atoms with Crippen LogP contribution < -0.4 is 0 Å². The molecule has 35 atom stereocenters. The maximum atomic E-state index is 12.1. The highest BCUT2D eigenvalue weighted by Crippen LogP contribution is 2.42. The summed E-state index contributed by atoms with van der Waals surface area (Å²) in [5.74, 6) is 0. The van der Waals surface area contributed by atoms with Crippen molar-refractivity contribution in [1.82, 2.24) is 0 Å². The molecule has 14 bridgehead atoms. The highest BCUT2D eigenvalue weighted by molar-refractivity contribution is 5.03. The highest BCUT2D eigenvalue weighted by atomic mass is 16.8. The fraction of sp³-hybridized carbons (Fsp3) is 1.00. The van der Waals surface area contributed by atoms with Gasteiger partial charge in [-0.15, -0.1) is 0 Å². The number of methoxy groups -OCH3 is 12. The van der Waals surface area contributed by atoms with E-state index in [0.717, 1.165) is 0 Å². The lowest BCUT2D eigenvalue weighted by atomic mass is 9.94. The number of hydrogen-bond donors (Lipinski definition) is 9. The Hall–Kier alpha value is -1.40. The molecule has 0 aromatic heterocycles. The SMILES string of the molecule is CO[C@H]1[C@H](OC)[C@H]2O[C@H]3[C@@H](OC)[C@H](OC)[C@@H](O[C@H]4[C@@H](OC)[C@H](OC)[C@@H](O[C@H]5[C@@H](OC)[C@H](OC)[C@@H](O[C@H]6[C@@H](OC)[C@H](OC)[C@@H](O[C@H]7[C@@H](O)[C@H](OC)[C@@H](O[C@H]8[C@@H](O)[C@H](OC)[C@@H](O[C@@H]1[C@@H](CO)O2)O[C@@H]8CO)O[C@@H]7CO)O[C@@H]6CO)O[C@@H]5CO)O[C@@H]4CO)O[C@@H]3CO. The first-order valence-corrected chi connectivity index (χ1v) is 29.2. The van der Waals surface area contributed by atoms with E-state index in [4.69, 9.17) is 123 Å². The quantitative estimate of drug-likeness (QED) is 0.0580. The Morgan fingerprint density at radius 3 is 0.472 bits per heavy atom. The molecule has 520 valence electrons. The molecule has 0 saturated carbocycles. The normalized spacial score (nSPS) is 49.5. The molecule has 35 heteroatoms. The molecule has 21 aliphatic rings. The van der Waals surface area contributed by atoms with Crippen molar-refractivity contribution >= 4 is 0 Å². The molecule has 0 aromatic rings. The van der Waals surface area contributed by atoms with Gasteiger partial charge in [0.2, 0.25) is 0 Å². The maximum Gasteiger partial charge on any atom is 0.187 e. The Balaban J connectivity index is 1.17. The summed E-state index contributed by atoms with van der Waals surface area (Å²) in [5.41, 5.74) is 0. The van der Waals surface area contributed by atoms with Crippen LogP contribution in [0.2, 0.25) is 0 Å². The van der Waals surface area contributed by atoms with E-state index in [-0.39, 0.29) is 0 Å². The molecule has 0 radical (unpaired) electrons. The van der Waals surface area contributed by atoms with Gasteiger partial charge < -0.3 is 169 Å². The molecule has 0 aliphatic carbocycles. The van der Waals surface area contributed by atoms with Crippen LogP contribution in [-0.4, -0.2) is 392 Å². The molecule has 35 nitrogen and oxygen atoms in total. The molecule has 0 unspecified atom stereocenters. The van der Waals surface area contributed by atoms with E-state index >= 15 is 0 Å². The number of hydrogen-bond acceptors (Lipinski definition) is 35. The van der Waals surface area contributed by atoms with Gasteiger partial charge in [-0.05, 0) is 0 Å². The molecule has 21 saturated heterocycles. The number of aliphatic hydroxyl groups excluding tert-OH is 9. The van der Waals surface area contributed by atoms with Gasteiger partial charge in [0, 0.05) is 85.3 Å². The van der Waals surface area contributed by atoms with Crippen LogP contribution in [0.3, 0.4) is 0 Å². The van der Waals surface area contributed by atoms with E-state index < -0.39 is 261 Å². The smallest absolute Gasteiger partial charge is 0.187 e. The standard InChI is InChI=1S/C54H94O35/c1-64-36-28(63)30-21(14-56)76-48(36)83-29-20(13-55)77-49(37(65-2)27(29)62)85-31-22(15-57)79-51(44(72-9)38(31)66-3)87-33-24(17-59)81-53(46(74-11)40(33)68-5)89-35-26(19-61)82-54(47(75-12)42(35)70-7)88-34-25(18-60)80-52(45(73-10)41(34)69-6)86-32-23(16-58)78-50(84-30)43(71-8)39(32)67-4/h20-63H,13-19H2,1-12H3/t20-,21-,22-,23-,24-,25-,26-,27-,28-,29-,30-,31-,32-,33-,34-,35-,36+,37+,38-,39-,40-,41-,42-,43+,44+,45+,46+,47+,48-,49-,50-,51-,52-,53-,54-/m1/s1. The highest BCUT2D eigenvalue weighted by Gasteiger charge is 2.61. The largest absolute Gasteiger partial charge is 0.394 e. The summed E-state index contributed by atoms with van der Waals surface area (Å²) < 4.78 is 162. The molecular formula is C54H94O35. The van der Waals surface area contributed by atoms with E-state index in [1.807, 2.05) is 0 Å². The Labute approximate surface area is 514 Å². The van der Waals surface area contributed by atoms with Crippen molar-refractivity contribution in [2.75, 3.05) is 132 Å². The molecular weight excluding hydrogens is 1210 g/mol. The van der Waals surface area contributed by atoms with Gasteiger partial charge in [-0.1, -0.05) is 0 Å². The van der Waals surface area contributed by atoms with Crippen molar-refractivity contribution in [1.29, 1.82) is 0 Å². The van der Waals surface area contributed by atoms with Crippen LogP contribution in [0, 0.1) is 0 Å². The second-order valence-electron chi connectivity index (χ2n) is 22.2. The van der Waals surface area contributed by atoms with Crippen LogP contribution >= 0.6 is 0 Å². The van der Waals surface area contributed by atoms with Crippen molar-refractivity contribution in [3.05, 3.63) is 0 Å². The molecule has 0 aromatic carbocycles. The summed E-state index contributed by atoms with van der Waals surface area (Å²) in [7, 11) is 15.9. The minimum atomic E-state index is -1.72. The third-order valence-corrected chi connectivity index (χ3v) is 17.8. The molecule has 21 heterocycles. The number of rotatable bonds is 19. The molecule has 21 aliphatic heterocycles. The van der Waals surface area contributed by atoms with Crippen molar-refractivity contribution in [3.63, 3.8) is 0 Å². The minimum absolute atomic E-state index is 0.704. The van der Waals surface area contributed by atoms with Crippen LogP contribution in [0.5, 0.6) is 0 Å². The Morgan fingerprint density at radius 2 is 0.326 bits per heavy atom. The van der Waals surface area contributed by atoms with Crippen molar-refractivity contribution < 1.29 is 169 Å². The predicted octanol–water partition coefficient (Wildman–Crippen LogP) is -7.38. The van der Waals surface area contributed by atoms with Crippen LogP contribution in [-0.2, 0) is 123 Å². The van der Waals surface area contributed by atoms with Gasteiger partial charge >= 0.3 is 0 Å². The molecule has 0 spiro atoms. The van der Waals surface area contributed by atoms with Crippen molar-refractivity contribution in [3.8, 4) is 0 Å². The predicted molar refractivity (Wildman–Crippen MR) is 286 cm³/mol. The first-order valence-electron chi connectivity index (χ1n) is 29.2. The monoisotopic (exact) mass is 1300 g/mol. The van der Waals surface area contributed by atoms with Gasteiger partial charge in [-0.25, -0.2) is 0 Å². The maximum absolute atomic E-state index is 12.1. The Kier molecular flexibility index (Phi) is 28.0. The fourth-order valence-electron chi connectivity index (χ4n) is 13.3. The summed E-state index contributed by atoms with van der Waals surface area (Å²) in [4.78, 5) is 0. The summed E-state index contributed by atoms with van der Waals surface area (Å²) in [6.07, 6.45) is -47.4. The van der Waals surface area contributed by atoms with Crippen molar-refractivity contribution in [2.45, 2.75) is 215 Å². The fourth-order valence-corrected chi connectivity index (χ4v) is 13.3. The lowest BCUT2D eigenvalue weighted by Gasteiger charge is -2.52. The number of aliphatic hydroxyl groups is 9. The Bertz CT molecular complexity index is 2040. The second-order valence-corrected chi connectivity index (χ2v) is 22.2. The van der Waals surface area contributed by atoms with E-state index in [9.17, 15) is 46.0 Å². The van der Waals surface area contributed by atoms with Gasteiger partial charge in [-0.3, -0.25) is 0 Å². The lowest BCUT2D eigenvalue weighted by molar-refractivity contribution is -0.402. The van der Waals surface area contributed by atoms with E-state index in [2.05, 4.69) is 0 Å². The average molecular weight is 1300 g/mol. The third-order valence-electron chi connectivity index (χ3n) is 17.8. The third kappa shape index (κ3) is 14.8. The van der Waals surface area contributed by atoms with Crippen molar-refractivity contribution in [2.24, 2.45) is 0 Å². The first-order chi connectivity index (χ1) is 43.1. The van der Waals surface area contributed by atoms with E-state index in [0.29, 0.717) is 0 Å². The molecule has 9 N–H and O–H groups in total. The van der Waals surface area contributed by atoms with Gasteiger partial charge in [0.25, 0.3) is 0 Å². The molecule has 0 amide bonds. The van der Waals surface area contributed by atoms with Gasteiger partial charge in [0.1, 0.15) is 171 Å². The van der Waals surface area contributed by atoms with Crippen LogP contribution in [0.4, 0.5) is 0 Å². The average Bonchev–Trinajstić information content (AvgIpc) is 1.53.